The van der Waals surface area contributed by atoms with Gasteiger partial charge in [0, 0.05) is 40.8 Å². The van der Waals surface area contributed by atoms with E-state index in [-0.39, 0.29) is 18.4 Å². The van der Waals surface area contributed by atoms with Crippen LogP contribution in [0.5, 0.6) is 0 Å². The highest BCUT2D eigenvalue weighted by molar-refractivity contribution is 6.05. The number of piperidine rings is 1. The standard InChI is InChI=1S/C31H28N2O4/c1-19-23-15-25-26(21-9-4-3-5-10-21)18-36-29(25)20(2)30(23)37-31(35)24(19)16-28(34)33-14-7-6-12-27(33)22-11-8-13-32-17-22/h3-5,8-11,13,15,17-18,27H,6-7,12,14,16H2,1-2H3. The van der Waals surface area contributed by atoms with E-state index in [1.54, 1.807) is 12.5 Å². The number of hydrogen-bond donors (Lipinski definition) is 0. The lowest BCUT2D eigenvalue weighted by Gasteiger charge is -2.36. The van der Waals surface area contributed by atoms with Gasteiger partial charge >= 0.3 is 5.63 Å². The Balaban J connectivity index is 1.42. The van der Waals surface area contributed by atoms with E-state index in [1.165, 1.54) is 0 Å². The number of rotatable bonds is 4. The summed E-state index contributed by atoms with van der Waals surface area (Å²) < 4.78 is 11.8. The van der Waals surface area contributed by atoms with Crippen LogP contribution < -0.4 is 5.63 Å². The van der Waals surface area contributed by atoms with E-state index >= 15 is 0 Å². The Morgan fingerprint density at radius 3 is 2.65 bits per heavy atom. The second-order valence-electron chi connectivity index (χ2n) is 9.83. The van der Waals surface area contributed by atoms with Crippen molar-refractivity contribution in [1.82, 2.24) is 9.88 Å². The van der Waals surface area contributed by atoms with Gasteiger partial charge in [0.2, 0.25) is 5.91 Å². The molecule has 0 spiro atoms. The monoisotopic (exact) mass is 492 g/mol. The van der Waals surface area contributed by atoms with E-state index in [9.17, 15) is 9.59 Å². The van der Waals surface area contributed by atoms with Gasteiger partial charge in [-0.2, -0.15) is 0 Å². The molecule has 1 atom stereocenters. The summed E-state index contributed by atoms with van der Waals surface area (Å²) in [6.07, 6.45) is 8.23. The molecule has 1 unspecified atom stereocenters. The fourth-order valence-corrected chi connectivity index (χ4v) is 5.64. The predicted octanol–water partition coefficient (Wildman–Crippen LogP) is 6.51. The Kier molecular flexibility index (Phi) is 5.87. The lowest BCUT2D eigenvalue weighted by atomic mass is 9.94. The van der Waals surface area contributed by atoms with Crippen LogP contribution in [0, 0.1) is 13.8 Å². The molecule has 0 N–H and O–H groups in total. The molecule has 1 saturated heterocycles. The molecule has 1 amide bonds. The first-order valence-corrected chi connectivity index (χ1v) is 12.7. The molecule has 1 aliphatic heterocycles. The van der Waals surface area contributed by atoms with Crippen LogP contribution in [-0.2, 0) is 11.2 Å². The molecular formula is C31H28N2O4. The normalized spacial score (nSPS) is 15.9. The number of pyridine rings is 1. The summed E-state index contributed by atoms with van der Waals surface area (Å²) in [5, 5.41) is 1.78. The van der Waals surface area contributed by atoms with Crippen LogP contribution >= 0.6 is 0 Å². The minimum atomic E-state index is -0.467. The minimum absolute atomic E-state index is 0.00881. The van der Waals surface area contributed by atoms with Crippen molar-refractivity contribution in [2.24, 2.45) is 0 Å². The van der Waals surface area contributed by atoms with E-state index < -0.39 is 5.63 Å². The van der Waals surface area contributed by atoms with Gasteiger partial charge in [0.15, 0.2) is 0 Å². The molecule has 37 heavy (non-hydrogen) atoms. The van der Waals surface area contributed by atoms with Gasteiger partial charge in [-0.3, -0.25) is 9.78 Å². The average molecular weight is 493 g/mol. The van der Waals surface area contributed by atoms with Crippen molar-refractivity contribution in [3.63, 3.8) is 0 Å². The van der Waals surface area contributed by atoms with Crippen LogP contribution in [0.4, 0.5) is 0 Å². The maximum absolute atomic E-state index is 13.6. The van der Waals surface area contributed by atoms with Crippen molar-refractivity contribution in [1.29, 1.82) is 0 Å². The Hall–Kier alpha value is -4.19. The molecular weight excluding hydrogens is 464 g/mol. The zero-order valence-corrected chi connectivity index (χ0v) is 21.0. The Morgan fingerprint density at radius 2 is 1.86 bits per heavy atom. The highest BCUT2D eigenvalue weighted by Crippen LogP contribution is 2.37. The number of aromatic nitrogens is 1. The Labute approximate surface area is 214 Å². The largest absolute Gasteiger partial charge is 0.463 e. The van der Waals surface area contributed by atoms with E-state index in [4.69, 9.17) is 8.83 Å². The van der Waals surface area contributed by atoms with Gasteiger partial charge in [-0.05, 0) is 61.9 Å². The topological polar surface area (TPSA) is 76.6 Å². The zero-order chi connectivity index (χ0) is 25.5. The number of carbonyl (C=O) groups excluding carboxylic acids is 1. The molecule has 6 heteroatoms. The van der Waals surface area contributed by atoms with Crippen molar-refractivity contribution in [2.45, 2.75) is 45.6 Å². The summed E-state index contributed by atoms with van der Waals surface area (Å²) in [5.74, 6) is -0.0608. The molecule has 186 valence electrons. The fourth-order valence-electron chi connectivity index (χ4n) is 5.64. The summed E-state index contributed by atoms with van der Waals surface area (Å²) in [7, 11) is 0. The molecule has 1 fully saturated rings. The van der Waals surface area contributed by atoms with Crippen molar-refractivity contribution in [3.05, 3.63) is 99.9 Å². The fraction of sp³-hybridized carbons (Fsp3) is 0.258. The van der Waals surface area contributed by atoms with Gasteiger partial charge in [-0.15, -0.1) is 0 Å². The van der Waals surface area contributed by atoms with E-state index in [2.05, 4.69) is 4.98 Å². The van der Waals surface area contributed by atoms with Gasteiger partial charge in [0.25, 0.3) is 0 Å². The van der Waals surface area contributed by atoms with Crippen LogP contribution in [0.15, 0.2) is 80.8 Å². The first-order chi connectivity index (χ1) is 18.0. The van der Waals surface area contributed by atoms with E-state index in [0.717, 1.165) is 57.9 Å². The number of fused-ring (bicyclic) bond motifs is 2. The van der Waals surface area contributed by atoms with E-state index in [0.29, 0.717) is 23.3 Å². The van der Waals surface area contributed by atoms with Crippen LogP contribution in [0.3, 0.4) is 0 Å². The number of likely N-dealkylation sites (tertiary alicyclic amines) is 1. The molecule has 2 aromatic carbocycles. The quantitative estimate of drug-likeness (QED) is 0.267. The highest BCUT2D eigenvalue weighted by Gasteiger charge is 2.29. The third-order valence-electron chi connectivity index (χ3n) is 7.65. The van der Waals surface area contributed by atoms with Crippen LogP contribution in [0.25, 0.3) is 33.1 Å². The summed E-state index contributed by atoms with van der Waals surface area (Å²) in [6.45, 7) is 4.48. The number of hydrogen-bond acceptors (Lipinski definition) is 5. The van der Waals surface area contributed by atoms with Gasteiger partial charge < -0.3 is 13.7 Å². The number of aryl methyl sites for hydroxylation is 2. The Bertz CT molecular complexity index is 1670. The van der Waals surface area contributed by atoms with Gasteiger partial charge in [0.1, 0.15) is 11.2 Å². The number of furan rings is 1. The molecule has 5 aromatic rings. The van der Waals surface area contributed by atoms with Crippen molar-refractivity contribution in [3.8, 4) is 11.1 Å². The molecule has 3 aromatic heterocycles. The second kappa shape index (κ2) is 9.36. The van der Waals surface area contributed by atoms with Crippen molar-refractivity contribution >= 4 is 27.8 Å². The third-order valence-corrected chi connectivity index (χ3v) is 7.65. The molecule has 6 rings (SSSR count). The molecule has 4 heterocycles. The average Bonchev–Trinajstić information content (AvgIpc) is 3.37. The summed E-state index contributed by atoms with van der Waals surface area (Å²) >= 11 is 0. The lowest BCUT2D eigenvalue weighted by molar-refractivity contribution is -0.134. The first-order valence-electron chi connectivity index (χ1n) is 12.7. The SMILES string of the molecule is Cc1c(CC(=O)N2CCCCC2c2cccnc2)c(=O)oc2c(C)c3occ(-c4ccccc4)c3cc12. The van der Waals surface area contributed by atoms with Crippen LogP contribution in [-0.4, -0.2) is 22.3 Å². The molecule has 0 saturated carbocycles. The summed E-state index contributed by atoms with van der Waals surface area (Å²) in [5.41, 5.74) is 5.77. The zero-order valence-electron chi connectivity index (χ0n) is 21.0. The van der Waals surface area contributed by atoms with Crippen LogP contribution in [0.1, 0.15) is 47.6 Å². The van der Waals surface area contributed by atoms with Crippen LogP contribution in [0.2, 0.25) is 0 Å². The van der Waals surface area contributed by atoms with Gasteiger partial charge in [-0.1, -0.05) is 36.4 Å². The number of benzene rings is 2. The summed E-state index contributed by atoms with van der Waals surface area (Å²) in [4.78, 5) is 32.9. The minimum Gasteiger partial charge on any atom is -0.463 e. The molecule has 6 nitrogen and oxygen atoms in total. The highest BCUT2D eigenvalue weighted by atomic mass is 16.4. The number of nitrogens with zero attached hydrogens (tertiary/aromatic N) is 2. The van der Waals surface area contributed by atoms with Crippen molar-refractivity contribution in [2.75, 3.05) is 6.54 Å². The maximum atomic E-state index is 13.6. The molecule has 0 radical (unpaired) electrons. The molecule has 0 bridgehead atoms. The third kappa shape index (κ3) is 4.02. The maximum Gasteiger partial charge on any atom is 0.340 e. The molecule has 1 aliphatic rings. The first kappa shape index (κ1) is 23.2. The van der Waals surface area contributed by atoms with Crippen molar-refractivity contribution < 1.29 is 13.6 Å². The Morgan fingerprint density at radius 1 is 1.03 bits per heavy atom. The lowest BCUT2D eigenvalue weighted by Crippen LogP contribution is -2.40. The van der Waals surface area contributed by atoms with Gasteiger partial charge in [0.05, 0.1) is 24.3 Å². The smallest absolute Gasteiger partial charge is 0.340 e. The predicted molar refractivity (Wildman–Crippen MR) is 143 cm³/mol. The number of carbonyl (C=O) groups is 1. The summed E-state index contributed by atoms with van der Waals surface area (Å²) in [6, 6.07) is 16.0. The number of amides is 1. The molecule has 0 aliphatic carbocycles. The van der Waals surface area contributed by atoms with E-state index in [1.807, 2.05) is 73.5 Å². The van der Waals surface area contributed by atoms with Gasteiger partial charge in [-0.25, -0.2) is 4.79 Å². The second-order valence-corrected chi connectivity index (χ2v) is 9.83.